The van der Waals surface area contributed by atoms with Crippen molar-refractivity contribution in [2.24, 2.45) is 0 Å². The van der Waals surface area contributed by atoms with Gasteiger partial charge in [0.25, 0.3) is 0 Å². The van der Waals surface area contributed by atoms with Gasteiger partial charge in [-0.3, -0.25) is 0 Å². The van der Waals surface area contributed by atoms with Gasteiger partial charge in [0.2, 0.25) is 0 Å². The Morgan fingerprint density at radius 1 is 0.933 bits per heavy atom. The SMILES string of the molecule is CCCCCOCCOc1ccccc1. The summed E-state index contributed by atoms with van der Waals surface area (Å²) in [6.07, 6.45) is 3.64. The number of unbranched alkanes of at least 4 members (excludes halogenated alkanes) is 2. The smallest absolute Gasteiger partial charge is 0.119 e. The van der Waals surface area contributed by atoms with Crippen molar-refractivity contribution in [3.63, 3.8) is 0 Å². The molecule has 0 fully saturated rings. The normalized spacial score (nSPS) is 10.2. The molecule has 0 aliphatic rings. The van der Waals surface area contributed by atoms with Crippen molar-refractivity contribution in [3.8, 4) is 5.75 Å². The number of hydrogen-bond acceptors (Lipinski definition) is 2. The predicted molar refractivity (Wildman–Crippen MR) is 62.3 cm³/mol. The maximum atomic E-state index is 5.49. The summed E-state index contributed by atoms with van der Waals surface area (Å²) in [5.41, 5.74) is 0. The van der Waals surface area contributed by atoms with Crippen LogP contribution in [0.5, 0.6) is 5.75 Å². The van der Waals surface area contributed by atoms with Crippen LogP contribution < -0.4 is 4.74 Å². The first-order valence-corrected chi connectivity index (χ1v) is 5.69. The fraction of sp³-hybridized carbons (Fsp3) is 0.538. The van der Waals surface area contributed by atoms with E-state index in [4.69, 9.17) is 9.47 Å². The molecule has 1 aromatic rings. The van der Waals surface area contributed by atoms with E-state index in [1.165, 1.54) is 12.8 Å². The summed E-state index contributed by atoms with van der Waals surface area (Å²) >= 11 is 0. The lowest BCUT2D eigenvalue weighted by Crippen LogP contribution is -2.07. The molecule has 0 bridgehead atoms. The van der Waals surface area contributed by atoms with Gasteiger partial charge in [0.15, 0.2) is 0 Å². The minimum Gasteiger partial charge on any atom is -0.491 e. The maximum Gasteiger partial charge on any atom is 0.119 e. The maximum absolute atomic E-state index is 5.49. The largest absolute Gasteiger partial charge is 0.491 e. The van der Waals surface area contributed by atoms with Gasteiger partial charge in [-0.25, -0.2) is 0 Å². The molecule has 0 unspecified atom stereocenters. The second-order valence-corrected chi connectivity index (χ2v) is 3.48. The van der Waals surface area contributed by atoms with Crippen LogP contribution in [0.2, 0.25) is 0 Å². The lowest BCUT2D eigenvalue weighted by atomic mass is 10.3. The second kappa shape index (κ2) is 8.30. The van der Waals surface area contributed by atoms with Crippen LogP contribution >= 0.6 is 0 Å². The average molecular weight is 208 g/mol. The van der Waals surface area contributed by atoms with E-state index in [0.29, 0.717) is 13.2 Å². The van der Waals surface area contributed by atoms with E-state index >= 15 is 0 Å². The zero-order valence-corrected chi connectivity index (χ0v) is 9.45. The molecule has 0 heterocycles. The van der Waals surface area contributed by atoms with Crippen LogP contribution in [0.3, 0.4) is 0 Å². The predicted octanol–water partition coefficient (Wildman–Crippen LogP) is 3.27. The summed E-state index contributed by atoms with van der Waals surface area (Å²) in [5, 5.41) is 0. The summed E-state index contributed by atoms with van der Waals surface area (Å²) < 4.78 is 10.9. The number of ether oxygens (including phenoxy) is 2. The molecule has 0 amide bonds. The Hall–Kier alpha value is -1.02. The molecule has 2 heteroatoms. The zero-order valence-electron chi connectivity index (χ0n) is 9.45. The molecule has 0 saturated heterocycles. The minimum atomic E-state index is 0.635. The van der Waals surface area contributed by atoms with Crippen LogP contribution in [0.25, 0.3) is 0 Å². The first-order valence-electron chi connectivity index (χ1n) is 5.69. The summed E-state index contributed by atoms with van der Waals surface area (Å²) in [6, 6.07) is 9.83. The highest BCUT2D eigenvalue weighted by molar-refractivity contribution is 5.20. The molecule has 0 atom stereocenters. The van der Waals surface area contributed by atoms with Gasteiger partial charge in [0.1, 0.15) is 12.4 Å². The van der Waals surface area contributed by atoms with Crippen LogP contribution in [-0.4, -0.2) is 19.8 Å². The van der Waals surface area contributed by atoms with Gasteiger partial charge < -0.3 is 9.47 Å². The minimum absolute atomic E-state index is 0.635. The monoisotopic (exact) mass is 208 g/mol. The molecule has 0 aliphatic heterocycles. The zero-order chi connectivity index (χ0) is 10.8. The van der Waals surface area contributed by atoms with Crippen LogP contribution in [0.1, 0.15) is 26.2 Å². The number of hydrogen-bond donors (Lipinski definition) is 0. The third-order valence-electron chi connectivity index (χ3n) is 2.13. The van der Waals surface area contributed by atoms with E-state index < -0.39 is 0 Å². The molecule has 2 nitrogen and oxygen atoms in total. The Bertz CT molecular complexity index is 234. The fourth-order valence-corrected chi connectivity index (χ4v) is 1.29. The van der Waals surface area contributed by atoms with E-state index in [0.717, 1.165) is 18.8 Å². The quantitative estimate of drug-likeness (QED) is 0.610. The molecule has 15 heavy (non-hydrogen) atoms. The van der Waals surface area contributed by atoms with Gasteiger partial charge >= 0.3 is 0 Å². The topological polar surface area (TPSA) is 18.5 Å². The van der Waals surface area contributed by atoms with Crippen molar-refractivity contribution >= 4 is 0 Å². The third-order valence-corrected chi connectivity index (χ3v) is 2.13. The Morgan fingerprint density at radius 2 is 1.73 bits per heavy atom. The van der Waals surface area contributed by atoms with Gasteiger partial charge in [-0.05, 0) is 18.6 Å². The Kier molecular flexibility index (Phi) is 6.67. The molecule has 0 aromatic heterocycles. The molecular weight excluding hydrogens is 188 g/mol. The standard InChI is InChI=1S/C13H20O2/c1-2-3-7-10-14-11-12-15-13-8-5-4-6-9-13/h4-6,8-9H,2-3,7,10-12H2,1H3. The van der Waals surface area contributed by atoms with Crippen LogP contribution in [0.4, 0.5) is 0 Å². The molecule has 0 saturated carbocycles. The highest BCUT2D eigenvalue weighted by Gasteiger charge is 1.92. The van der Waals surface area contributed by atoms with E-state index in [1.54, 1.807) is 0 Å². The third kappa shape index (κ3) is 6.13. The van der Waals surface area contributed by atoms with Crippen LogP contribution in [0.15, 0.2) is 30.3 Å². The lowest BCUT2D eigenvalue weighted by molar-refractivity contribution is 0.0973. The lowest BCUT2D eigenvalue weighted by Gasteiger charge is -2.06. The van der Waals surface area contributed by atoms with Crippen molar-refractivity contribution in [2.75, 3.05) is 19.8 Å². The molecule has 0 aliphatic carbocycles. The van der Waals surface area contributed by atoms with Gasteiger partial charge in [-0.2, -0.15) is 0 Å². The Morgan fingerprint density at radius 3 is 2.47 bits per heavy atom. The second-order valence-electron chi connectivity index (χ2n) is 3.48. The highest BCUT2D eigenvalue weighted by Crippen LogP contribution is 2.07. The summed E-state index contributed by atoms with van der Waals surface area (Å²) in [7, 11) is 0. The average Bonchev–Trinajstić information content (AvgIpc) is 2.29. The van der Waals surface area contributed by atoms with Gasteiger partial charge in [-0.1, -0.05) is 38.0 Å². The molecule has 0 spiro atoms. The summed E-state index contributed by atoms with van der Waals surface area (Å²) in [6.45, 7) is 4.36. The summed E-state index contributed by atoms with van der Waals surface area (Å²) in [5.74, 6) is 0.912. The van der Waals surface area contributed by atoms with Gasteiger partial charge in [-0.15, -0.1) is 0 Å². The molecular formula is C13H20O2. The highest BCUT2D eigenvalue weighted by atomic mass is 16.5. The molecule has 84 valence electrons. The molecule has 1 aromatic carbocycles. The number of benzene rings is 1. The van der Waals surface area contributed by atoms with E-state index in [-0.39, 0.29) is 0 Å². The van der Waals surface area contributed by atoms with E-state index in [1.807, 2.05) is 30.3 Å². The molecule has 0 N–H and O–H groups in total. The van der Waals surface area contributed by atoms with Crippen molar-refractivity contribution in [1.82, 2.24) is 0 Å². The van der Waals surface area contributed by atoms with Crippen molar-refractivity contribution < 1.29 is 9.47 Å². The number of rotatable bonds is 8. The molecule has 0 radical (unpaired) electrons. The molecule has 1 rings (SSSR count). The van der Waals surface area contributed by atoms with Crippen molar-refractivity contribution in [2.45, 2.75) is 26.2 Å². The Balaban J connectivity index is 1.93. The van der Waals surface area contributed by atoms with Crippen LogP contribution in [-0.2, 0) is 4.74 Å². The van der Waals surface area contributed by atoms with Gasteiger partial charge in [0, 0.05) is 6.61 Å². The first kappa shape index (κ1) is 12.1. The summed E-state index contributed by atoms with van der Waals surface area (Å²) in [4.78, 5) is 0. The fourth-order valence-electron chi connectivity index (χ4n) is 1.29. The first-order chi connectivity index (χ1) is 7.43. The van der Waals surface area contributed by atoms with E-state index in [9.17, 15) is 0 Å². The van der Waals surface area contributed by atoms with Crippen molar-refractivity contribution in [3.05, 3.63) is 30.3 Å². The van der Waals surface area contributed by atoms with Crippen LogP contribution in [0, 0.1) is 0 Å². The Labute approximate surface area is 92.2 Å². The van der Waals surface area contributed by atoms with E-state index in [2.05, 4.69) is 6.92 Å². The number of para-hydroxylation sites is 1. The van der Waals surface area contributed by atoms with Gasteiger partial charge in [0.05, 0.1) is 6.61 Å². The van der Waals surface area contributed by atoms with Crippen molar-refractivity contribution in [1.29, 1.82) is 0 Å².